The van der Waals surface area contributed by atoms with E-state index in [2.05, 4.69) is 5.32 Å². The van der Waals surface area contributed by atoms with Crippen molar-refractivity contribution in [3.05, 3.63) is 29.8 Å². The number of hydrogen-bond donors (Lipinski definition) is 1. The molecule has 4 nitrogen and oxygen atoms in total. The van der Waals surface area contributed by atoms with Crippen LogP contribution in [0, 0.1) is 0 Å². The van der Waals surface area contributed by atoms with Crippen LogP contribution in [0.25, 0.3) is 0 Å². The van der Waals surface area contributed by atoms with Gasteiger partial charge in [-0.3, -0.25) is 0 Å². The van der Waals surface area contributed by atoms with Crippen LogP contribution in [0.4, 0.5) is 0 Å². The fourth-order valence-electron chi connectivity index (χ4n) is 2.76. The van der Waals surface area contributed by atoms with E-state index < -0.39 is 10.0 Å². The fourth-order valence-corrected chi connectivity index (χ4v) is 4.53. The smallest absolute Gasteiger partial charge is 0.243 e. The molecule has 5 heteroatoms. The molecule has 1 unspecified atom stereocenters. The SMILES string of the molecule is CNCc1cccc(S(=O)(=O)N2CCCCCC2C)c1. The van der Waals surface area contributed by atoms with Crippen LogP contribution in [0.5, 0.6) is 0 Å². The zero-order valence-corrected chi connectivity index (χ0v) is 13.1. The van der Waals surface area contributed by atoms with Gasteiger partial charge in [0, 0.05) is 19.1 Å². The van der Waals surface area contributed by atoms with Crippen LogP contribution in [-0.2, 0) is 16.6 Å². The molecule has 0 spiro atoms. The van der Waals surface area contributed by atoms with E-state index >= 15 is 0 Å². The van der Waals surface area contributed by atoms with Crippen LogP contribution in [0.1, 0.15) is 38.2 Å². The average molecular weight is 296 g/mol. The lowest BCUT2D eigenvalue weighted by Gasteiger charge is -2.26. The molecule has 0 aromatic heterocycles. The van der Waals surface area contributed by atoms with Crippen LogP contribution < -0.4 is 5.32 Å². The number of hydrogen-bond acceptors (Lipinski definition) is 3. The minimum Gasteiger partial charge on any atom is -0.316 e. The number of nitrogens with zero attached hydrogens (tertiary/aromatic N) is 1. The van der Waals surface area contributed by atoms with E-state index in [4.69, 9.17) is 0 Å². The second kappa shape index (κ2) is 6.70. The van der Waals surface area contributed by atoms with Crippen molar-refractivity contribution in [2.75, 3.05) is 13.6 Å². The molecule has 20 heavy (non-hydrogen) atoms. The molecule has 0 saturated carbocycles. The lowest BCUT2D eigenvalue weighted by molar-refractivity contribution is 0.342. The molecule has 0 amide bonds. The van der Waals surface area contributed by atoms with E-state index in [1.54, 1.807) is 16.4 Å². The molecule has 0 radical (unpaired) electrons. The van der Waals surface area contributed by atoms with Crippen molar-refractivity contribution < 1.29 is 8.42 Å². The minimum absolute atomic E-state index is 0.0930. The molecular formula is C15H24N2O2S. The molecule has 2 rings (SSSR count). The fraction of sp³-hybridized carbons (Fsp3) is 0.600. The summed E-state index contributed by atoms with van der Waals surface area (Å²) in [5.74, 6) is 0. The van der Waals surface area contributed by atoms with Gasteiger partial charge in [0.05, 0.1) is 4.90 Å². The van der Waals surface area contributed by atoms with Crippen molar-refractivity contribution in [2.45, 2.75) is 50.1 Å². The minimum atomic E-state index is -3.37. The Morgan fingerprint density at radius 3 is 2.85 bits per heavy atom. The second-order valence-electron chi connectivity index (χ2n) is 5.49. The van der Waals surface area contributed by atoms with Crippen LogP contribution >= 0.6 is 0 Å². The van der Waals surface area contributed by atoms with Crippen molar-refractivity contribution in [1.82, 2.24) is 9.62 Å². The predicted octanol–water partition coefficient (Wildman–Crippen LogP) is 2.36. The van der Waals surface area contributed by atoms with E-state index in [0.717, 1.165) is 31.2 Å². The lowest BCUT2D eigenvalue weighted by Crippen LogP contribution is -2.38. The first-order valence-corrected chi connectivity index (χ1v) is 8.75. The number of sulfonamides is 1. The predicted molar refractivity (Wildman–Crippen MR) is 81.0 cm³/mol. The molecule has 112 valence electrons. The van der Waals surface area contributed by atoms with Crippen LogP contribution in [0.3, 0.4) is 0 Å². The molecule has 1 aliphatic heterocycles. The van der Waals surface area contributed by atoms with Gasteiger partial charge < -0.3 is 5.32 Å². The summed E-state index contributed by atoms with van der Waals surface area (Å²) in [6.07, 6.45) is 4.15. The molecule has 1 N–H and O–H groups in total. The van der Waals surface area contributed by atoms with Gasteiger partial charge in [-0.1, -0.05) is 25.0 Å². The number of rotatable bonds is 4. The van der Waals surface area contributed by atoms with Crippen LogP contribution in [-0.4, -0.2) is 32.4 Å². The summed E-state index contributed by atoms with van der Waals surface area (Å²) < 4.78 is 27.3. The van der Waals surface area contributed by atoms with Crippen LogP contribution in [0.15, 0.2) is 29.2 Å². The Balaban J connectivity index is 2.30. The Bertz CT molecular complexity index is 543. The third kappa shape index (κ3) is 3.40. The van der Waals surface area contributed by atoms with E-state index in [1.807, 2.05) is 26.1 Å². The molecule has 1 heterocycles. The quantitative estimate of drug-likeness (QED) is 0.928. The van der Waals surface area contributed by atoms with Gasteiger partial charge in [-0.2, -0.15) is 4.31 Å². The largest absolute Gasteiger partial charge is 0.316 e. The molecule has 1 aromatic carbocycles. The Kier molecular flexibility index (Phi) is 5.18. The first kappa shape index (κ1) is 15.5. The zero-order valence-electron chi connectivity index (χ0n) is 12.3. The Hall–Kier alpha value is -0.910. The number of benzene rings is 1. The monoisotopic (exact) mass is 296 g/mol. The van der Waals surface area contributed by atoms with Gasteiger partial charge in [0.25, 0.3) is 0 Å². The maximum absolute atomic E-state index is 12.8. The van der Waals surface area contributed by atoms with E-state index in [-0.39, 0.29) is 6.04 Å². The van der Waals surface area contributed by atoms with Gasteiger partial charge in [-0.05, 0) is 44.5 Å². The summed E-state index contributed by atoms with van der Waals surface area (Å²) in [6.45, 7) is 3.33. The lowest BCUT2D eigenvalue weighted by atomic mass is 10.1. The van der Waals surface area contributed by atoms with Crippen LogP contribution in [0.2, 0.25) is 0 Å². The third-order valence-electron chi connectivity index (χ3n) is 3.88. The van der Waals surface area contributed by atoms with Gasteiger partial charge in [0.1, 0.15) is 0 Å². The molecule has 1 aliphatic rings. The van der Waals surface area contributed by atoms with Crippen molar-refractivity contribution >= 4 is 10.0 Å². The molecule has 1 atom stereocenters. The highest BCUT2D eigenvalue weighted by Crippen LogP contribution is 2.25. The normalized spacial score (nSPS) is 21.6. The van der Waals surface area contributed by atoms with E-state index in [0.29, 0.717) is 18.0 Å². The summed E-state index contributed by atoms with van der Waals surface area (Å²) in [5, 5.41) is 3.05. The summed E-state index contributed by atoms with van der Waals surface area (Å²) in [4.78, 5) is 0.416. The molecule has 1 saturated heterocycles. The number of nitrogens with one attached hydrogen (secondary N) is 1. The third-order valence-corrected chi connectivity index (χ3v) is 5.89. The van der Waals surface area contributed by atoms with Gasteiger partial charge >= 0.3 is 0 Å². The summed E-state index contributed by atoms with van der Waals surface area (Å²) in [5.41, 5.74) is 0.996. The first-order valence-electron chi connectivity index (χ1n) is 7.31. The molecule has 1 aromatic rings. The Labute approximate surface area is 122 Å². The standard InChI is InChI=1S/C15H24N2O2S/c1-13-7-4-3-5-10-17(13)20(18,19)15-9-6-8-14(11-15)12-16-2/h6,8-9,11,13,16H,3-5,7,10,12H2,1-2H3. The zero-order chi connectivity index (χ0) is 14.6. The van der Waals surface area contributed by atoms with Gasteiger partial charge in [0.2, 0.25) is 10.0 Å². The van der Waals surface area contributed by atoms with E-state index in [1.165, 1.54) is 0 Å². The topological polar surface area (TPSA) is 49.4 Å². The molecule has 1 fully saturated rings. The van der Waals surface area contributed by atoms with Crippen molar-refractivity contribution in [2.24, 2.45) is 0 Å². The maximum atomic E-state index is 12.8. The molecule has 0 bridgehead atoms. The van der Waals surface area contributed by atoms with Crippen molar-refractivity contribution in [3.63, 3.8) is 0 Å². The first-order chi connectivity index (χ1) is 9.55. The highest BCUT2D eigenvalue weighted by molar-refractivity contribution is 7.89. The highest BCUT2D eigenvalue weighted by atomic mass is 32.2. The van der Waals surface area contributed by atoms with Gasteiger partial charge in [-0.15, -0.1) is 0 Å². The van der Waals surface area contributed by atoms with Crippen molar-refractivity contribution in [1.29, 1.82) is 0 Å². The summed E-state index contributed by atoms with van der Waals surface area (Å²) in [6, 6.07) is 7.34. The molecule has 0 aliphatic carbocycles. The Morgan fingerprint density at radius 2 is 2.10 bits per heavy atom. The van der Waals surface area contributed by atoms with Gasteiger partial charge in [-0.25, -0.2) is 8.42 Å². The maximum Gasteiger partial charge on any atom is 0.243 e. The Morgan fingerprint density at radius 1 is 1.30 bits per heavy atom. The van der Waals surface area contributed by atoms with Gasteiger partial charge in [0.15, 0.2) is 0 Å². The van der Waals surface area contributed by atoms with Crippen molar-refractivity contribution in [3.8, 4) is 0 Å². The average Bonchev–Trinajstić information content (AvgIpc) is 2.64. The molecular weight excluding hydrogens is 272 g/mol. The van der Waals surface area contributed by atoms with E-state index in [9.17, 15) is 8.42 Å². The second-order valence-corrected chi connectivity index (χ2v) is 7.38. The highest BCUT2D eigenvalue weighted by Gasteiger charge is 2.29. The summed E-state index contributed by atoms with van der Waals surface area (Å²) >= 11 is 0. The summed E-state index contributed by atoms with van der Waals surface area (Å²) in [7, 11) is -1.51.